The maximum Gasteiger partial charge on any atom is 0.257 e. The smallest absolute Gasteiger partial charge is 0.257 e. The number of thiocarbonyl (C=S) groups is 1. The number of rotatable bonds is 13. The molecule has 2 amide bonds. The molecule has 0 heterocycles. The largest absolute Gasteiger partial charge is 0.494 e. The van der Waals surface area contributed by atoms with E-state index in [-0.39, 0.29) is 16.9 Å². The van der Waals surface area contributed by atoms with Gasteiger partial charge in [-0.2, -0.15) is 0 Å². The van der Waals surface area contributed by atoms with E-state index in [0.29, 0.717) is 30.0 Å². The summed E-state index contributed by atoms with van der Waals surface area (Å²) < 4.78 is 5.78. The van der Waals surface area contributed by atoms with Gasteiger partial charge in [-0.1, -0.05) is 75.1 Å². The number of para-hydroxylation sites is 1. The van der Waals surface area contributed by atoms with Crippen LogP contribution < -0.4 is 20.3 Å². The van der Waals surface area contributed by atoms with E-state index < -0.39 is 0 Å². The van der Waals surface area contributed by atoms with Crippen LogP contribution in [-0.4, -0.2) is 37.1 Å². The monoisotopic (exact) mass is 531 g/mol. The second-order valence-corrected chi connectivity index (χ2v) is 9.50. The SMILES string of the molecule is CCCCCCCOc1ccc(C(=O)NC(=S)N(C)c2ccccc2C(=O)NCCc2ccccc2)cc1. The van der Waals surface area contributed by atoms with Gasteiger partial charge in [-0.05, 0) is 67.0 Å². The molecule has 3 aromatic carbocycles. The van der Waals surface area contributed by atoms with E-state index in [0.717, 1.165) is 30.6 Å². The van der Waals surface area contributed by atoms with Crippen LogP contribution >= 0.6 is 12.2 Å². The summed E-state index contributed by atoms with van der Waals surface area (Å²) in [5, 5.41) is 5.94. The molecule has 0 aliphatic rings. The summed E-state index contributed by atoms with van der Waals surface area (Å²) >= 11 is 5.50. The quantitative estimate of drug-likeness (QED) is 0.204. The number of benzene rings is 3. The number of nitrogens with zero attached hydrogens (tertiary/aromatic N) is 1. The Hall–Kier alpha value is -3.71. The van der Waals surface area contributed by atoms with Crippen LogP contribution in [0.1, 0.15) is 65.3 Å². The van der Waals surface area contributed by atoms with Crippen LogP contribution in [0.5, 0.6) is 5.75 Å². The number of amides is 2. The van der Waals surface area contributed by atoms with E-state index in [2.05, 4.69) is 17.6 Å². The minimum absolute atomic E-state index is 0.196. The van der Waals surface area contributed by atoms with Crippen molar-refractivity contribution >= 4 is 34.8 Å². The van der Waals surface area contributed by atoms with E-state index >= 15 is 0 Å². The fourth-order valence-electron chi connectivity index (χ4n) is 3.98. The van der Waals surface area contributed by atoms with Crippen LogP contribution in [0.2, 0.25) is 0 Å². The van der Waals surface area contributed by atoms with E-state index in [1.807, 2.05) is 36.4 Å². The normalized spacial score (nSPS) is 10.5. The lowest BCUT2D eigenvalue weighted by atomic mass is 10.1. The van der Waals surface area contributed by atoms with Crippen molar-refractivity contribution in [3.63, 3.8) is 0 Å². The van der Waals surface area contributed by atoms with Gasteiger partial charge < -0.3 is 15.0 Å². The molecule has 0 unspecified atom stereocenters. The molecule has 7 heteroatoms. The molecule has 200 valence electrons. The molecule has 0 atom stereocenters. The van der Waals surface area contributed by atoms with E-state index in [4.69, 9.17) is 17.0 Å². The van der Waals surface area contributed by atoms with Crippen LogP contribution in [0.25, 0.3) is 0 Å². The third kappa shape index (κ3) is 8.99. The van der Waals surface area contributed by atoms with Gasteiger partial charge in [0.25, 0.3) is 11.8 Å². The highest BCUT2D eigenvalue weighted by Crippen LogP contribution is 2.20. The van der Waals surface area contributed by atoms with Gasteiger partial charge in [0.1, 0.15) is 5.75 Å². The highest BCUT2D eigenvalue weighted by molar-refractivity contribution is 7.80. The molecule has 0 aliphatic heterocycles. The molecule has 2 N–H and O–H groups in total. The van der Waals surface area contributed by atoms with Gasteiger partial charge in [-0.25, -0.2) is 0 Å². The Morgan fingerprint density at radius 1 is 0.842 bits per heavy atom. The first-order chi connectivity index (χ1) is 18.5. The van der Waals surface area contributed by atoms with Crippen LogP contribution in [0.4, 0.5) is 5.69 Å². The topological polar surface area (TPSA) is 70.7 Å². The Morgan fingerprint density at radius 2 is 1.53 bits per heavy atom. The first-order valence-corrected chi connectivity index (χ1v) is 13.6. The molecule has 3 aromatic rings. The van der Waals surface area contributed by atoms with Crippen molar-refractivity contribution in [3.8, 4) is 5.75 Å². The number of hydrogen-bond acceptors (Lipinski definition) is 4. The van der Waals surface area contributed by atoms with E-state index in [9.17, 15) is 9.59 Å². The van der Waals surface area contributed by atoms with Crippen LogP contribution in [0, 0.1) is 0 Å². The minimum atomic E-state index is -0.322. The molecule has 0 spiro atoms. The van der Waals surface area contributed by atoms with Gasteiger partial charge in [-0.15, -0.1) is 0 Å². The van der Waals surface area contributed by atoms with Crippen molar-refractivity contribution in [2.24, 2.45) is 0 Å². The maximum atomic E-state index is 12.9. The molecule has 38 heavy (non-hydrogen) atoms. The van der Waals surface area contributed by atoms with Crippen molar-refractivity contribution in [3.05, 3.63) is 95.6 Å². The summed E-state index contributed by atoms with van der Waals surface area (Å²) in [5.41, 5.74) is 2.72. The zero-order valence-electron chi connectivity index (χ0n) is 22.2. The predicted octanol–water partition coefficient (Wildman–Crippen LogP) is 6.16. The number of carbonyl (C=O) groups is 2. The van der Waals surface area contributed by atoms with E-state index in [1.54, 1.807) is 54.4 Å². The summed E-state index contributed by atoms with van der Waals surface area (Å²) in [6.45, 7) is 3.38. The summed E-state index contributed by atoms with van der Waals surface area (Å²) in [7, 11) is 1.73. The summed E-state index contributed by atoms with van der Waals surface area (Å²) in [5.74, 6) is 0.222. The zero-order valence-corrected chi connectivity index (χ0v) is 23.1. The van der Waals surface area contributed by atoms with Gasteiger partial charge in [0.15, 0.2) is 5.11 Å². The molecule has 3 rings (SSSR count). The predicted molar refractivity (Wildman–Crippen MR) is 158 cm³/mol. The zero-order chi connectivity index (χ0) is 27.2. The Labute approximate surface area is 231 Å². The molecule has 0 aliphatic carbocycles. The lowest BCUT2D eigenvalue weighted by Crippen LogP contribution is -2.41. The second-order valence-electron chi connectivity index (χ2n) is 9.11. The average molecular weight is 532 g/mol. The Morgan fingerprint density at radius 3 is 2.26 bits per heavy atom. The Balaban J connectivity index is 1.52. The molecule has 0 saturated heterocycles. The van der Waals surface area contributed by atoms with Gasteiger partial charge in [0.05, 0.1) is 17.9 Å². The number of anilines is 1. The van der Waals surface area contributed by atoms with Crippen LogP contribution in [-0.2, 0) is 6.42 Å². The average Bonchev–Trinajstić information content (AvgIpc) is 2.95. The molecule has 0 saturated carbocycles. The van der Waals surface area contributed by atoms with Crippen molar-refractivity contribution < 1.29 is 14.3 Å². The number of carbonyl (C=O) groups excluding carboxylic acids is 2. The number of unbranched alkanes of at least 4 members (excludes halogenated alkanes) is 4. The number of hydrogen-bond donors (Lipinski definition) is 2. The van der Waals surface area contributed by atoms with Gasteiger partial charge in [-0.3, -0.25) is 14.9 Å². The number of ether oxygens (including phenoxy) is 1. The first-order valence-electron chi connectivity index (χ1n) is 13.2. The molecule has 0 aromatic heterocycles. The Bertz CT molecular complexity index is 1180. The summed E-state index contributed by atoms with van der Waals surface area (Å²) in [6.07, 6.45) is 6.64. The Kier molecular flexibility index (Phi) is 11.8. The standard InChI is InChI=1S/C31H37N3O3S/c1-3-4-5-6-12-23-37-26-19-17-25(18-20-26)29(35)33-31(38)34(2)28-16-11-10-15-27(28)30(36)32-22-21-24-13-8-7-9-14-24/h7-11,13-20H,3-6,12,21-23H2,1-2H3,(H,32,36)(H,33,35,38). The fraction of sp³-hybridized carbons (Fsp3) is 0.323. The maximum absolute atomic E-state index is 12.9. The summed E-state index contributed by atoms with van der Waals surface area (Å²) in [6, 6.07) is 24.2. The number of nitrogens with one attached hydrogen (secondary N) is 2. The third-order valence-corrected chi connectivity index (χ3v) is 6.59. The van der Waals surface area contributed by atoms with Gasteiger partial charge in [0, 0.05) is 19.2 Å². The third-order valence-electron chi connectivity index (χ3n) is 6.21. The van der Waals surface area contributed by atoms with Crippen molar-refractivity contribution in [2.45, 2.75) is 45.4 Å². The second kappa shape index (κ2) is 15.5. The first kappa shape index (κ1) is 28.9. The van der Waals surface area contributed by atoms with E-state index in [1.165, 1.54) is 19.3 Å². The molecule has 0 radical (unpaired) electrons. The van der Waals surface area contributed by atoms with Crippen LogP contribution in [0.3, 0.4) is 0 Å². The fourth-order valence-corrected chi connectivity index (χ4v) is 4.17. The highest BCUT2D eigenvalue weighted by Gasteiger charge is 2.18. The highest BCUT2D eigenvalue weighted by atomic mass is 32.1. The molecule has 0 bridgehead atoms. The van der Waals surface area contributed by atoms with Gasteiger partial charge >= 0.3 is 0 Å². The molecular weight excluding hydrogens is 494 g/mol. The van der Waals surface area contributed by atoms with Crippen LogP contribution in [0.15, 0.2) is 78.9 Å². The molecular formula is C31H37N3O3S. The van der Waals surface area contributed by atoms with Crippen molar-refractivity contribution in [2.75, 3.05) is 25.1 Å². The molecule has 0 fully saturated rings. The van der Waals surface area contributed by atoms with Gasteiger partial charge in [0.2, 0.25) is 0 Å². The van der Waals surface area contributed by atoms with Crippen molar-refractivity contribution in [1.29, 1.82) is 0 Å². The van der Waals surface area contributed by atoms with Crippen molar-refractivity contribution in [1.82, 2.24) is 10.6 Å². The minimum Gasteiger partial charge on any atom is -0.494 e. The lowest BCUT2D eigenvalue weighted by molar-refractivity contribution is 0.0952. The summed E-state index contributed by atoms with van der Waals surface area (Å²) in [4.78, 5) is 27.4. The lowest BCUT2D eigenvalue weighted by Gasteiger charge is -2.23. The molecule has 6 nitrogen and oxygen atoms in total.